The molecule has 0 fully saturated rings. The molecule has 2 amide bonds. The van der Waals surface area contributed by atoms with E-state index < -0.39 is 17.8 Å². The van der Waals surface area contributed by atoms with Crippen LogP contribution in [0, 0.1) is 0 Å². The molecule has 1 aromatic carbocycles. The molecule has 2 N–H and O–H groups in total. The molecular weight excluding hydrogens is 329 g/mol. The first-order valence-electron chi connectivity index (χ1n) is 6.78. The second-order valence-corrected chi connectivity index (χ2v) is 4.99. The van der Waals surface area contributed by atoms with Crippen LogP contribution in [0.3, 0.4) is 0 Å². The number of alkyl halides is 3. The van der Waals surface area contributed by atoms with Crippen molar-refractivity contribution in [2.45, 2.75) is 12.7 Å². The van der Waals surface area contributed by atoms with Crippen LogP contribution in [0.25, 0.3) is 0 Å². The molecule has 0 saturated heterocycles. The minimum absolute atomic E-state index is 0.0838. The van der Waals surface area contributed by atoms with Gasteiger partial charge in [-0.15, -0.1) is 0 Å². The predicted octanol–water partition coefficient (Wildman–Crippen LogP) is 1.87. The predicted molar refractivity (Wildman–Crippen MR) is 76.4 cm³/mol. The number of amides is 2. The molecule has 10 heteroatoms. The molecule has 7 nitrogen and oxygen atoms in total. The van der Waals surface area contributed by atoms with Gasteiger partial charge in [-0.3, -0.25) is 14.3 Å². The van der Waals surface area contributed by atoms with Gasteiger partial charge in [-0.05, 0) is 24.3 Å². The molecule has 0 unspecified atom stereocenters. The number of benzene rings is 1. The molecule has 2 heterocycles. The standard InChI is InChI=1S/C14H11F3N4O3/c15-14(16,17)11-3-4-21(20-11)6-12(22)18-8-1-2-10-9(5-8)19-13(23)7-24-10/h1-5H,6-7H2,(H,18,22)(H,19,23). The Hall–Kier alpha value is -3.04. The van der Waals surface area contributed by atoms with Gasteiger partial charge in [-0.2, -0.15) is 18.3 Å². The zero-order valence-electron chi connectivity index (χ0n) is 12.1. The van der Waals surface area contributed by atoms with Crippen molar-refractivity contribution in [3.63, 3.8) is 0 Å². The topological polar surface area (TPSA) is 85.3 Å². The molecule has 0 aliphatic carbocycles. The van der Waals surface area contributed by atoms with Gasteiger partial charge in [0, 0.05) is 11.9 Å². The van der Waals surface area contributed by atoms with Crippen molar-refractivity contribution < 1.29 is 27.5 Å². The molecule has 126 valence electrons. The first kappa shape index (κ1) is 15.8. The number of fused-ring (bicyclic) bond motifs is 1. The Bertz CT molecular complexity index is 801. The highest BCUT2D eigenvalue weighted by Gasteiger charge is 2.33. The lowest BCUT2D eigenvalue weighted by atomic mass is 10.2. The van der Waals surface area contributed by atoms with Crippen molar-refractivity contribution in [3.05, 3.63) is 36.2 Å². The maximum atomic E-state index is 12.5. The maximum absolute atomic E-state index is 12.5. The minimum atomic E-state index is -4.56. The number of hydrogen-bond donors (Lipinski definition) is 2. The number of aromatic nitrogens is 2. The number of nitrogens with one attached hydrogen (secondary N) is 2. The fourth-order valence-electron chi connectivity index (χ4n) is 2.11. The van der Waals surface area contributed by atoms with E-state index >= 15 is 0 Å². The van der Waals surface area contributed by atoms with Crippen molar-refractivity contribution in [2.24, 2.45) is 0 Å². The summed E-state index contributed by atoms with van der Waals surface area (Å²) < 4.78 is 43.4. The van der Waals surface area contributed by atoms with Gasteiger partial charge in [0.1, 0.15) is 12.3 Å². The number of halogens is 3. The van der Waals surface area contributed by atoms with E-state index in [1.54, 1.807) is 12.1 Å². The molecule has 1 aromatic heterocycles. The fraction of sp³-hybridized carbons (Fsp3) is 0.214. The van der Waals surface area contributed by atoms with Crippen LogP contribution in [0.5, 0.6) is 5.75 Å². The lowest BCUT2D eigenvalue weighted by Crippen LogP contribution is -2.25. The van der Waals surface area contributed by atoms with Gasteiger partial charge in [0.25, 0.3) is 5.91 Å². The van der Waals surface area contributed by atoms with Crippen LogP contribution in [0.1, 0.15) is 5.69 Å². The molecule has 0 spiro atoms. The van der Waals surface area contributed by atoms with Gasteiger partial charge in [0.15, 0.2) is 12.3 Å². The minimum Gasteiger partial charge on any atom is -0.482 e. The molecule has 0 radical (unpaired) electrons. The number of carbonyl (C=O) groups is 2. The van der Waals surface area contributed by atoms with Crippen LogP contribution in [0.2, 0.25) is 0 Å². The Balaban J connectivity index is 1.66. The van der Waals surface area contributed by atoms with Gasteiger partial charge in [-0.1, -0.05) is 0 Å². The molecule has 3 rings (SSSR count). The van der Waals surface area contributed by atoms with Crippen LogP contribution >= 0.6 is 0 Å². The van der Waals surface area contributed by atoms with Crippen LogP contribution in [0.15, 0.2) is 30.5 Å². The Morgan fingerprint density at radius 3 is 2.88 bits per heavy atom. The second kappa shape index (κ2) is 5.87. The molecule has 1 aliphatic rings. The third kappa shape index (κ3) is 3.47. The summed E-state index contributed by atoms with van der Waals surface area (Å²) in [7, 11) is 0. The Labute approximate surface area is 133 Å². The molecule has 2 aromatic rings. The highest BCUT2D eigenvalue weighted by molar-refractivity contribution is 5.97. The lowest BCUT2D eigenvalue weighted by Gasteiger charge is -2.18. The number of hydrogen-bond acceptors (Lipinski definition) is 4. The average Bonchev–Trinajstić information content (AvgIpc) is 2.95. The van der Waals surface area contributed by atoms with Crippen molar-refractivity contribution in [1.82, 2.24) is 9.78 Å². The van der Waals surface area contributed by atoms with E-state index in [1.807, 2.05) is 0 Å². The highest BCUT2D eigenvalue weighted by atomic mass is 19.4. The number of anilines is 2. The Morgan fingerprint density at radius 2 is 2.17 bits per heavy atom. The van der Waals surface area contributed by atoms with Crippen molar-refractivity contribution in [1.29, 1.82) is 0 Å². The summed E-state index contributed by atoms with van der Waals surface area (Å²) in [6.07, 6.45) is -3.48. The number of nitrogens with zero attached hydrogens (tertiary/aromatic N) is 2. The first-order valence-corrected chi connectivity index (χ1v) is 6.78. The van der Waals surface area contributed by atoms with E-state index in [-0.39, 0.29) is 19.1 Å². The molecule has 1 aliphatic heterocycles. The van der Waals surface area contributed by atoms with Crippen LogP contribution < -0.4 is 15.4 Å². The van der Waals surface area contributed by atoms with Gasteiger partial charge >= 0.3 is 6.18 Å². The third-order valence-corrected chi connectivity index (χ3v) is 3.13. The monoisotopic (exact) mass is 340 g/mol. The van der Waals surface area contributed by atoms with Crippen molar-refractivity contribution in [2.75, 3.05) is 17.2 Å². The highest BCUT2D eigenvalue weighted by Crippen LogP contribution is 2.30. The molecular formula is C14H11F3N4O3. The summed E-state index contributed by atoms with van der Waals surface area (Å²) in [5.41, 5.74) is -0.292. The maximum Gasteiger partial charge on any atom is 0.435 e. The van der Waals surface area contributed by atoms with E-state index in [2.05, 4.69) is 15.7 Å². The smallest absolute Gasteiger partial charge is 0.435 e. The van der Waals surface area contributed by atoms with E-state index in [4.69, 9.17) is 4.74 Å². The number of rotatable bonds is 3. The molecule has 24 heavy (non-hydrogen) atoms. The van der Waals surface area contributed by atoms with Crippen molar-refractivity contribution in [3.8, 4) is 5.75 Å². The van der Waals surface area contributed by atoms with E-state index in [0.717, 1.165) is 16.9 Å². The third-order valence-electron chi connectivity index (χ3n) is 3.13. The van der Waals surface area contributed by atoms with Crippen LogP contribution in [0.4, 0.5) is 24.5 Å². The van der Waals surface area contributed by atoms with Crippen molar-refractivity contribution >= 4 is 23.2 Å². The summed E-state index contributed by atoms with van der Waals surface area (Å²) in [4.78, 5) is 23.2. The van der Waals surface area contributed by atoms with Gasteiger partial charge in [0.05, 0.1) is 5.69 Å². The van der Waals surface area contributed by atoms with E-state index in [9.17, 15) is 22.8 Å². The summed E-state index contributed by atoms with van der Waals surface area (Å²) in [5.74, 6) is -0.411. The normalized spacial score (nSPS) is 13.7. The molecule has 0 bridgehead atoms. The second-order valence-electron chi connectivity index (χ2n) is 4.99. The summed E-state index contributed by atoms with van der Waals surface area (Å²) in [6.45, 7) is -0.463. The van der Waals surface area contributed by atoms with E-state index in [1.165, 1.54) is 6.07 Å². The molecule has 0 saturated carbocycles. The van der Waals surface area contributed by atoms with Crippen LogP contribution in [-0.2, 0) is 22.3 Å². The zero-order chi connectivity index (χ0) is 17.3. The SMILES string of the molecule is O=C(Cn1ccc(C(F)(F)F)n1)Nc1ccc2c(c1)NC(=O)CO2. The van der Waals surface area contributed by atoms with Crippen LogP contribution in [-0.4, -0.2) is 28.2 Å². The van der Waals surface area contributed by atoms with Gasteiger partial charge in [0.2, 0.25) is 5.91 Å². The quantitative estimate of drug-likeness (QED) is 0.893. The Kier molecular flexibility index (Phi) is 3.87. The van der Waals surface area contributed by atoms with Gasteiger partial charge < -0.3 is 15.4 Å². The number of carbonyl (C=O) groups excluding carboxylic acids is 2. The van der Waals surface area contributed by atoms with Gasteiger partial charge in [-0.25, -0.2) is 0 Å². The van der Waals surface area contributed by atoms with E-state index in [0.29, 0.717) is 17.1 Å². The largest absolute Gasteiger partial charge is 0.482 e. The average molecular weight is 340 g/mol. The summed E-state index contributed by atoms with van der Waals surface area (Å²) in [5, 5.41) is 8.40. The lowest BCUT2D eigenvalue weighted by molar-refractivity contribution is -0.141. The molecule has 0 atom stereocenters. The first-order chi connectivity index (χ1) is 11.3. The Morgan fingerprint density at radius 1 is 1.38 bits per heavy atom. The fourth-order valence-corrected chi connectivity index (χ4v) is 2.11. The summed E-state index contributed by atoms with van der Waals surface area (Å²) in [6, 6.07) is 5.41. The number of ether oxygens (including phenoxy) is 1. The summed E-state index contributed by atoms with van der Waals surface area (Å²) >= 11 is 0. The zero-order valence-corrected chi connectivity index (χ0v) is 12.1.